The molecule has 1 aliphatic heterocycles. The molecule has 4 aromatic rings. The number of amidine groups is 1. The number of alkyl halides is 2. The highest BCUT2D eigenvalue weighted by Crippen LogP contribution is 2.24. The summed E-state index contributed by atoms with van der Waals surface area (Å²) in [5, 5.41) is 4.31. The van der Waals surface area contributed by atoms with E-state index >= 15 is 0 Å². The van der Waals surface area contributed by atoms with E-state index in [4.69, 9.17) is 15.2 Å². The lowest BCUT2D eigenvalue weighted by Gasteiger charge is -2.27. The smallest absolute Gasteiger partial charge is 0.343 e. The normalized spacial score (nSPS) is 15.2. The number of aromatic nitrogens is 3. The minimum absolute atomic E-state index is 0.152. The molecule has 180 valence electrons. The van der Waals surface area contributed by atoms with Crippen molar-refractivity contribution < 1.29 is 18.3 Å². The van der Waals surface area contributed by atoms with Crippen molar-refractivity contribution in [3.8, 4) is 11.4 Å². The molecule has 1 saturated heterocycles. The van der Waals surface area contributed by atoms with Gasteiger partial charge in [-0.2, -0.15) is 4.99 Å². The number of hydrogen-bond donors (Lipinski definition) is 1. The molecule has 0 saturated carbocycles. The Bertz CT molecular complexity index is 1340. The molecule has 5 rings (SSSR count). The summed E-state index contributed by atoms with van der Waals surface area (Å²) in [5.41, 5.74) is 7.92. The number of morpholine rings is 1. The van der Waals surface area contributed by atoms with Crippen LogP contribution in [0, 0.1) is 0 Å². The SMILES string of the molecule is NC(=NC(=Nn1c(C(F)F)nc2ccccc21)Oc1ccc(-n2cccc2)cc1)N1CCOCC1. The highest BCUT2D eigenvalue weighted by molar-refractivity contribution is 5.92. The van der Waals surface area contributed by atoms with Crippen molar-refractivity contribution in [2.75, 3.05) is 26.3 Å². The number of para-hydroxylation sites is 2. The van der Waals surface area contributed by atoms with Crippen molar-refractivity contribution in [1.29, 1.82) is 0 Å². The van der Waals surface area contributed by atoms with Crippen LogP contribution in [0.5, 0.6) is 5.75 Å². The van der Waals surface area contributed by atoms with Gasteiger partial charge in [0.25, 0.3) is 6.43 Å². The Kier molecular flexibility index (Phi) is 6.40. The molecule has 0 atom stereocenters. The second kappa shape index (κ2) is 9.94. The van der Waals surface area contributed by atoms with Gasteiger partial charge in [0.15, 0.2) is 5.82 Å². The van der Waals surface area contributed by atoms with Crippen LogP contribution in [0.3, 0.4) is 0 Å². The Hall–Kier alpha value is -4.25. The van der Waals surface area contributed by atoms with E-state index in [0.717, 1.165) is 10.4 Å². The molecular weight excluding hydrogens is 456 g/mol. The fourth-order valence-corrected chi connectivity index (χ4v) is 3.69. The Morgan fingerprint density at radius 3 is 2.43 bits per heavy atom. The van der Waals surface area contributed by atoms with E-state index < -0.39 is 12.2 Å². The summed E-state index contributed by atoms with van der Waals surface area (Å²) in [4.78, 5) is 10.2. The number of ether oxygens (including phenoxy) is 2. The molecule has 2 aromatic heterocycles. The summed E-state index contributed by atoms with van der Waals surface area (Å²) in [5.74, 6) is 0.0515. The lowest BCUT2D eigenvalue weighted by molar-refractivity contribution is 0.0675. The fourth-order valence-electron chi connectivity index (χ4n) is 3.69. The van der Waals surface area contributed by atoms with Crippen LogP contribution in [0.2, 0.25) is 0 Å². The van der Waals surface area contributed by atoms with Gasteiger partial charge in [-0.3, -0.25) is 0 Å². The summed E-state index contributed by atoms with van der Waals surface area (Å²) >= 11 is 0. The topological polar surface area (TPSA) is 95.2 Å². The van der Waals surface area contributed by atoms with Crippen LogP contribution in [-0.4, -0.2) is 57.4 Å². The number of fused-ring (bicyclic) bond motifs is 1. The maximum atomic E-state index is 13.8. The number of imidazole rings is 1. The number of hydrogen-bond acceptors (Lipinski definition) is 4. The van der Waals surface area contributed by atoms with E-state index in [1.54, 1.807) is 36.4 Å². The molecular formula is C24H23F2N7O2. The van der Waals surface area contributed by atoms with Crippen LogP contribution >= 0.6 is 0 Å². The summed E-state index contributed by atoms with van der Waals surface area (Å²) in [7, 11) is 0. The minimum Gasteiger partial charge on any atom is -0.423 e. The van der Waals surface area contributed by atoms with Crippen LogP contribution < -0.4 is 10.5 Å². The number of nitrogens with two attached hydrogens (primary N) is 1. The summed E-state index contributed by atoms with van der Waals surface area (Å²) in [6.07, 6.45) is 0.992. The van der Waals surface area contributed by atoms with Gasteiger partial charge in [-0.1, -0.05) is 12.1 Å². The van der Waals surface area contributed by atoms with Crippen molar-refractivity contribution in [3.05, 3.63) is 78.9 Å². The Labute approximate surface area is 199 Å². The first kappa shape index (κ1) is 22.5. The van der Waals surface area contributed by atoms with Crippen LogP contribution in [0.15, 0.2) is 83.2 Å². The number of halogens is 2. The number of nitrogens with zero attached hydrogens (tertiary/aromatic N) is 6. The third kappa shape index (κ3) is 4.99. The predicted molar refractivity (Wildman–Crippen MR) is 128 cm³/mol. The second-order valence-electron chi connectivity index (χ2n) is 7.71. The van der Waals surface area contributed by atoms with E-state index in [0.29, 0.717) is 43.1 Å². The summed E-state index contributed by atoms with van der Waals surface area (Å²) in [6, 6.07) is 17.6. The van der Waals surface area contributed by atoms with Gasteiger partial charge in [0, 0.05) is 31.2 Å². The maximum Gasteiger partial charge on any atom is 0.343 e. The first-order chi connectivity index (χ1) is 17.1. The predicted octanol–water partition coefficient (Wildman–Crippen LogP) is 3.61. The molecule has 1 fully saturated rings. The van der Waals surface area contributed by atoms with Crippen LogP contribution in [-0.2, 0) is 4.74 Å². The molecule has 0 aliphatic carbocycles. The zero-order chi connectivity index (χ0) is 24.2. The summed E-state index contributed by atoms with van der Waals surface area (Å²) in [6.45, 7) is 2.10. The van der Waals surface area contributed by atoms with Gasteiger partial charge >= 0.3 is 6.02 Å². The van der Waals surface area contributed by atoms with Gasteiger partial charge in [-0.05, 0) is 48.5 Å². The molecule has 2 N–H and O–H groups in total. The first-order valence-corrected chi connectivity index (χ1v) is 11.0. The fraction of sp³-hybridized carbons (Fsp3) is 0.208. The van der Waals surface area contributed by atoms with Gasteiger partial charge in [0.2, 0.25) is 5.96 Å². The largest absolute Gasteiger partial charge is 0.423 e. The van der Waals surface area contributed by atoms with Gasteiger partial charge < -0.3 is 24.7 Å². The third-order valence-electron chi connectivity index (χ3n) is 5.44. The zero-order valence-corrected chi connectivity index (χ0v) is 18.7. The zero-order valence-electron chi connectivity index (χ0n) is 18.7. The standard InChI is InChI=1S/C24H23F2N7O2/c25-21(26)22-28-19-5-1-2-6-20(19)33(22)30-24(29-23(27)32-13-15-34-16-14-32)35-18-9-7-17(8-10-18)31-11-3-4-12-31/h1-12,21H,13-16H2,(H2,27,29,30). The molecule has 11 heteroatoms. The molecule has 3 heterocycles. The van der Waals surface area contributed by atoms with Crippen molar-refractivity contribution in [2.45, 2.75) is 6.43 Å². The minimum atomic E-state index is -2.85. The van der Waals surface area contributed by atoms with Crippen LogP contribution in [0.25, 0.3) is 16.7 Å². The molecule has 1 aliphatic rings. The van der Waals surface area contributed by atoms with Crippen LogP contribution in [0.4, 0.5) is 8.78 Å². The number of guanidine groups is 1. The van der Waals surface area contributed by atoms with Gasteiger partial charge in [-0.25, -0.2) is 18.4 Å². The Balaban J connectivity index is 1.53. The molecule has 2 aromatic carbocycles. The average molecular weight is 479 g/mol. The lowest BCUT2D eigenvalue weighted by atomic mass is 10.3. The van der Waals surface area contributed by atoms with Crippen molar-refractivity contribution in [3.63, 3.8) is 0 Å². The monoisotopic (exact) mass is 479 g/mol. The van der Waals surface area contributed by atoms with Gasteiger partial charge in [-0.15, -0.1) is 5.10 Å². The quantitative estimate of drug-likeness (QED) is 0.356. The number of aliphatic imine (C=N–C) groups is 1. The second-order valence-corrected chi connectivity index (χ2v) is 7.71. The summed E-state index contributed by atoms with van der Waals surface area (Å²) < 4.78 is 41.9. The molecule has 0 spiro atoms. The van der Waals surface area contributed by atoms with E-state index in [2.05, 4.69) is 15.1 Å². The van der Waals surface area contributed by atoms with Gasteiger partial charge in [0.05, 0.1) is 24.2 Å². The molecule has 0 radical (unpaired) electrons. The van der Waals surface area contributed by atoms with Crippen molar-refractivity contribution in [2.24, 2.45) is 15.8 Å². The van der Waals surface area contributed by atoms with Crippen LogP contribution in [0.1, 0.15) is 12.2 Å². The van der Waals surface area contributed by atoms with E-state index in [1.165, 1.54) is 0 Å². The van der Waals surface area contributed by atoms with E-state index in [1.807, 2.05) is 46.1 Å². The Morgan fingerprint density at radius 1 is 1.00 bits per heavy atom. The lowest BCUT2D eigenvalue weighted by Crippen LogP contribution is -2.45. The number of benzene rings is 2. The van der Waals surface area contributed by atoms with Crippen molar-refractivity contribution >= 4 is 23.0 Å². The molecule has 0 bridgehead atoms. The molecule has 9 nitrogen and oxygen atoms in total. The highest BCUT2D eigenvalue weighted by atomic mass is 19.3. The van der Waals surface area contributed by atoms with E-state index in [9.17, 15) is 8.78 Å². The highest BCUT2D eigenvalue weighted by Gasteiger charge is 2.21. The number of rotatable bonds is 4. The molecule has 0 unspecified atom stereocenters. The van der Waals surface area contributed by atoms with Crippen molar-refractivity contribution in [1.82, 2.24) is 19.1 Å². The average Bonchev–Trinajstić information content (AvgIpc) is 3.54. The van der Waals surface area contributed by atoms with Gasteiger partial charge in [0.1, 0.15) is 5.75 Å². The molecule has 0 amide bonds. The third-order valence-corrected chi connectivity index (χ3v) is 5.44. The van der Waals surface area contributed by atoms with E-state index in [-0.39, 0.29) is 12.0 Å². The maximum absolute atomic E-state index is 13.8. The first-order valence-electron chi connectivity index (χ1n) is 11.0. The molecule has 35 heavy (non-hydrogen) atoms. The Morgan fingerprint density at radius 2 is 1.71 bits per heavy atom.